The van der Waals surface area contributed by atoms with Crippen molar-refractivity contribution in [2.45, 2.75) is 12.5 Å². The largest absolute Gasteiger partial charge is 0.496 e. The van der Waals surface area contributed by atoms with Crippen LogP contribution in [0.4, 0.5) is 0 Å². The lowest BCUT2D eigenvalue weighted by Gasteiger charge is -2.16. The van der Waals surface area contributed by atoms with Gasteiger partial charge in [0.15, 0.2) is 0 Å². The highest BCUT2D eigenvalue weighted by Crippen LogP contribution is 2.28. The highest BCUT2D eigenvalue weighted by atomic mass is 79.9. The van der Waals surface area contributed by atoms with Gasteiger partial charge in [-0.05, 0) is 48.8 Å². The van der Waals surface area contributed by atoms with Crippen molar-refractivity contribution in [3.05, 3.63) is 39.3 Å². The number of nitrogens with one attached hydrogen (secondary N) is 1. The van der Waals surface area contributed by atoms with Gasteiger partial charge in [0.05, 0.1) is 18.2 Å². The van der Waals surface area contributed by atoms with Crippen molar-refractivity contribution in [3.8, 4) is 5.75 Å². The predicted octanol–water partition coefficient (Wildman–Crippen LogP) is 2.81. The van der Waals surface area contributed by atoms with Crippen LogP contribution in [0.15, 0.2) is 28.9 Å². The predicted molar refractivity (Wildman–Crippen MR) is 76.1 cm³/mol. The summed E-state index contributed by atoms with van der Waals surface area (Å²) >= 11 is 4.90. The van der Waals surface area contributed by atoms with E-state index in [1.807, 2.05) is 19.2 Å². The number of hydrogen-bond donors (Lipinski definition) is 1. The quantitative estimate of drug-likeness (QED) is 0.917. The van der Waals surface area contributed by atoms with Gasteiger partial charge >= 0.3 is 0 Å². The molecule has 0 aliphatic rings. The van der Waals surface area contributed by atoms with E-state index in [2.05, 4.69) is 36.9 Å². The summed E-state index contributed by atoms with van der Waals surface area (Å²) in [6.07, 6.45) is 2.64. The topological polar surface area (TPSA) is 47.0 Å². The van der Waals surface area contributed by atoms with E-state index in [0.29, 0.717) is 0 Å². The fourth-order valence-electron chi connectivity index (χ4n) is 1.80. The Morgan fingerprint density at radius 2 is 2.33 bits per heavy atom. The molecule has 0 amide bonds. The lowest BCUT2D eigenvalue weighted by atomic mass is 10.0. The molecule has 0 aliphatic heterocycles. The summed E-state index contributed by atoms with van der Waals surface area (Å²) in [6, 6.07) is 6.23. The number of benzene rings is 1. The minimum Gasteiger partial charge on any atom is -0.496 e. The lowest BCUT2D eigenvalue weighted by molar-refractivity contribution is 0.406. The zero-order chi connectivity index (χ0) is 13.0. The summed E-state index contributed by atoms with van der Waals surface area (Å²) in [5, 5.41) is 7.16. The molecule has 96 valence electrons. The second-order valence-electron chi connectivity index (χ2n) is 3.82. The van der Waals surface area contributed by atoms with Crippen molar-refractivity contribution < 1.29 is 4.74 Å². The van der Waals surface area contributed by atoms with Crippen LogP contribution in [-0.4, -0.2) is 23.7 Å². The molecule has 1 aromatic carbocycles. The van der Waals surface area contributed by atoms with Crippen molar-refractivity contribution in [1.29, 1.82) is 0 Å². The van der Waals surface area contributed by atoms with Gasteiger partial charge in [-0.25, -0.2) is 0 Å². The Morgan fingerprint density at radius 3 is 2.94 bits per heavy atom. The van der Waals surface area contributed by atoms with Crippen molar-refractivity contribution in [1.82, 2.24) is 14.9 Å². The monoisotopic (exact) mass is 327 g/mol. The molecule has 2 rings (SSSR count). The molecule has 1 heterocycles. The normalized spacial score (nSPS) is 12.4. The van der Waals surface area contributed by atoms with Gasteiger partial charge in [0.1, 0.15) is 5.75 Å². The fourth-order valence-corrected chi connectivity index (χ4v) is 2.82. The van der Waals surface area contributed by atoms with E-state index < -0.39 is 0 Å². The molecule has 1 atom stereocenters. The summed E-state index contributed by atoms with van der Waals surface area (Å²) in [5.74, 6) is 0.899. The highest BCUT2D eigenvalue weighted by molar-refractivity contribution is 9.10. The van der Waals surface area contributed by atoms with Crippen LogP contribution in [0.25, 0.3) is 0 Å². The number of halogens is 1. The summed E-state index contributed by atoms with van der Waals surface area (Å²) in [4.78, 5) is 1.12. The van der Waals surface area contributed by atoms with Gasteiger partial charge in [0.25, 0.3) is 0 Å². The van der Waals surface area contributed by atoms with E-state index >= 15 is 0 Å². The van der Waals surface area contributed by atoms with Crippen LogP contribution in [0.3, 0.4) is 0 Å². The maximum absolute atomic E-state index is 5.39. The molecule has 6 heteroatoms. The van der Waals surface area contributed by atoms with Crippen LogP contribution in [-0.2, 0) is 6.42 Å². The van der Waals surface area contributed by atoms with Crippen LogP contribution >= 0.6 is 27.5 Å². The minimum absolute atomic E-state index is 0.202. The smallest absolute Gasteiger partial charge is 0.122 e. The molecule has 0 aliphatic carbocycles. The van der Waals surface area contributed by atoms with E-state index in [0.717, 1.165) is 27.1 Å². The van der Waals surface area contributed by atoms with Gasteiger partial charge in [0.2, 0.25) is 0 Å². The van der Waals surface area contributed by atoms with Crippen LogP contribution in [0.2, 0.25) is 0 Å². The first kappa shape index (κ1) is 13.5. The number of rotatable bonds is 5. The maximum Gasteiger partial charge on any atom is 0.122 e. The third-order valence-corrected chi connectivity index (χ3v) is 4.01. The van der Waals surface area contributed by atoms with Crippen LogP contribution in [0.1, 0.15) is 16.5 Å². The Labute approximate surface area is 119 Å². The first-order valence-corrected chi connectivity index (χ1v) is 7.08. The van der Waals surface area contributed by atoms with Crippen LogP contribution < -0.4 is 10.1 Å². The average Bonchev–Trinajstić information content (AvgIpc) is 2.90. The van der Waals surface area contributed by atoms with Crippen molar-refractivity contribution in [2.24, 2.45) is 0 Å². The van der Waals surface area contributed by atoms with Crippen molar-refractivity contribution in [2.75, 3.05) is 14.2 Å². The summed E-state index contributed by atoms with van der Waals surface area (Å²) < 4.78 is 10.3. The molecule has 0 saturated carbocycles. The molecule has 0 spiro atoms. The fraction of sp³-hybridized carbons (Fsp3) is 0.333. The Kier molecular flexibility index (Phi) is 4.68. The summed E-state index contributed by atoms with van der Waals surface area (Å²) in [7, 11) is 3.63. The Morgan fingerprint density at radius 1 is 1.50 bits per heavy atom. The molecular weight excluding hydrogens is 314 g/mol. The number of ether oxygens (including phenoxy) is 1. The molecule has 18 heavy (non-hydrogen) atoms. The minimum atomic E-state index is 0.202. The SMILES string of the molecule is CNC(Cc1cc(Br)ccc1OC)c1cnns1. The number of aromatic nitrogens is 2. The van der Waals surface area contributed by atoms with Gasteiger partial charge in [-0.2, -0.15) is 0 Å². The zero-order valence-corrected chi connectivity index (χ0v) is 12.6. The molecule has 0 radical (unpaired) electrons. The van der Waals surface area contributed by atoms with Crippen LogP contribution in [0.5, 0.6) is 5.75 Å². The average molecular weight is 328 g/mol. The number of nitrogens with zero attached hydrogens (tertiary/aromatic N) is 2. The van der Waals surface area contributed by atoms with Crippen LogP contribution in [0, 0.1) is 0 Å². The second kappa shape index (κ2) is 6.26. The van der Waals surface area contributed by atoms with E-state index in [-0.39, 0.29) is 6.04 Å². The Bertz CT molecular complexity index is 504. The summed E-state index contributed by atoms with van der Waals surface area (Å²) in [6.45, 7) is 0. The van der Waals surface area contributed by atoms with E-state index in [9.17, 15) is 0 Å². The Balaban J connectivity index is 2.24. The van der Waals surface area contributed by atoms with E-state index in [1.165, 1.54) is 11.5 Å². The summed E-state index contributed by atoms with van der Waals surface area (Å²) in [5.41, 5.74) is 1.15. The number of methoxy groups -OCH3 is 1. The van der Waals surface area contributed by atoms with Crippen molar-refractivity contribution in [3.63, 3.8) is 0 Å². The number of hydrogen-bond acceptors (Lipinski definition) is 5. The third-order valence-electron chi connectivity index (χ3n) is 2.74. The van der Waals surface area contributed by atoms with Gasteiger partial charge in [0, 0.05) is 10.5 Å². The van der Waals surface area contributed by atoms with E-state index in [1.54, 1.807) is 13.3 Å². The van der Waals surface area contributed by atoms with Gasteiger partial charge in [-0.15, -0.1) is 5.10 Å². The molecule has 0 bridgehead atoms. The van der Waals surface area contributed by atoms with Gasteiger partial charge in [-0.1, -0.05) is 20.4 Å². The second-order valence-corrected chi connectivity index (χ2v) is 5.55. The third kappa shape index (κ3) is 3.07. The zero-order valence-electron chi connectivity index (χ0n) is 10.2. The van der Waals surface area contributed by atoms with Gasteiger partial charge in [-0.3, -0.25) is 0 Å². The van der Waals surface area contributed by atoms with Gasteiger partial charge < -0.3 is 10.1 Å². The molecule has 2 aromatic rings. The maximum atomic E-state index is 5.39. The molecule has 0 fully saturated rings. The first-order chi connectivity index (χ1) is 8.74. The highest BCUT2D eigenvalue weighted by Gasteiger charge is 2.15. The molecule has 1 aromatic heterocycles. The molecule has 4 nitrogen and oxygen atoms in total. The molecule has 1 N–H and O–H groups in total. The Hall–Kier alpha value is -0.980. The standard InChI is InChI=1S/C12H14BrN3OS/c1-14-10(12-7-15-16-18-12)6-8-5-9(13)3-4-11(8)17-2/h3-5,7,10,14H,6H2,1-2H3. The molecular formula is C12H14BrN3OS. The first-order valence-electron chi connectivity index (χ1n) is 5.51. The lowest BCUT2D eigenvalue weighted by Crippen LogP contribution is -2.18. The van der Waals surface area contributed by atoms with Crippen molar-refractivity contribution >= 4 is 27.5 Å². The van der Waals surface area contributed by atoms with E-state index in [4.69, 9.17) is 4.74 Å². The number of likely N-dealkylation sites (N-methyl/N-ethyl adjacent to an activating group) is 1. The molecule has 0 saturated heterocycles. The molecule has 1 unspecified atom stereocenters.